The Labute approximate surface area is 82.9 Å². The lowest BCUT2D eigenvalue weighted by atomic mass is 10.1. The van der Waals surface area contributed by atoms with Crippen LogP contribution in [0.1, 0.15) is 18.7 Å². The lowest BCUT2D eigenvalue weighted by Crippen LogP contribution is -2.47. The second kappa shape index (κ2) is 3.84. The van der Waals surface area contributed by atoms with Crippen LogP contribution < -0.4 is 5.32 Å². The average molecular weight is 194 g/mol. The molecule has 0 radical (unpaired) electrons. The van der Waals surface area contributed by atoms with Crippen LogP contribution in [0.5, 0.6) is 0 Å². The van der Waals surface area contributed by atoms with E-state index in [1.165, 1.54) is 0 Å². The fraction of sp³-hybridized carbons (Fsp3) is 0.500. The SMILES string of the molecule is CC(=O)N1CCNC(c2ccco2)C1. The Bertz CT molecular complexity index is 308. The standard InChI is InChI=1S/C10H14N2O2/c1-8(13)12-5-4-11-9(7-12)10-3-2-6-14-10/h2-3,6,9,11H,4-5,7H2,1H3. The first kappa shape index (κ1) is 9.27. The van der Waals surface area contributed by atoms with Gasteiger partial charge in [0.1, 0.15) is 5.76 Å². The van der Waals surface area contributed by atoms with Crippen molar-refractivity contribution >= 4 is 5.91 Å². The molecular weight excluding hydrogens is 180 g/mol. The highest BCUT2D eigenvalue weighted by Crippen LogP contribution is 2.17. The Morgan fingerprint density at radius 2 is 2.57 bits per heavy atom. The molecule has 1 amide bonds. The molecule has 0 spiro atoms. The third-order valence-corrected chi connectivity index (χ3v) is 2.51. The number of nitrogens with zero attached hydrogens (tertiary/aromatic N) is 1. The largest absolute Gasteiger partial charge is 0.468 e. The summed E-state index contributed by atoms with van der Waals surface area (Å²) in [7, 11) is 0. The van der Waals surface area contributed by atoms with E-state index in [0.717, 1.165) is 18.8 Å². The van der Waals surface area contributed by atoms with Crippen LogP contribution in [0.25, 0.3) is 0 Å². The second-order valence-corrected chi connectivity index (χ2v) is 3.49. The summed E-state index contributed by atoms with van der Waals surface area (Å²) >= 11 is 0. The van der Waals surface area contributed by atoms with E-state index >= 15 is 0 Å². The molecule has 4 nitrogen and oxygen atoms in total. The molecule has 0 aliphatic carbocycles. The van der Waals surface area contributed by atoms with Gasteiger partial charge in [-0.1, -0.05) is 0 Å². The van der Waals surface area contributed by atoms with Crippen molar-refractivity contribution in [3.63, 3.8) is 0 Å². The van der Waals surface area contributed by atoms with Crippen molar-refractivity contribution in [1.82, 2.24) is 10.2 Å². The van der Waals surface area contributed by atoms with Crippen molar-refractivity contribution < 1.29 is 9.21 Å². The fourth-order valence-electron chi connectivity index (χ4n) is 1.72. The first-order chi connectivity index (χ1) is 6.77. The second-order valence-electron chi connectivity index (χ2n) is 3.49. The number of furan rings is 1. The number of piperazine rings is 1. The van der Waals surface area contributed by atoms with E-state index in [0.29, 0.717) is 6.54 Å². The highest BCUT2D eigenvalue weighted by atomic mass is 16.3. The van der Waals surface area contributed by atoms with Gasteiger partial charge in [-0.2, -0.15) is 0 Å². The molecule has 1 N–H and O–H groups in total. The molecule has 1 fully saturated rings. The Balaban J connectivity index is 2.04. The number of nitrogens with one attached hydrogen (secondary N) is 1. The highest BCUT2D eigenvalue weighted by molar-refractivity contribution is 5.73. The third kappa shape index (κ3) is 1.80. The summed E-state index contributed by atoms with van der Waals surface area (Å²) < 4.78 is 5.30. The van der Waals surface area contributed by atoms with Crippen LogP contribution in [0.3, 0.4) is 0 Å². The Morgan fingerprint density at radius 3 is 3.21 bits per heavy atom. The van der Waals surface area contributed by atoms with E-state index in [4.69, 9.17) is 4.42 Å². The maximum atomic E-state index is 11.2. The van der Waals surface area contributed by atoms with Crippen molar-refractivity contribution in [1.29, 1.82) is 0 Å². The molecule has 1 atom stereocenters. The van der Waals surface area contributed by atoms with Crippen LogP contribution in [0, 0.1) is 0 Å². The van der Waals surface area contributed by atoms with Crippen molar-refractivity contribution in [3.05, 3.63) is 24.2 Å². The smallest absolute Gasteiger partial charge is 0.219 e. The number of hydrogen-bond acceptors (Lipinski definition) is 3. The molecule has 1 saturated heterocycles. The van der Waals surface area contributed by atoms with Gasteiger partial charge in [-0.3, -0.25) is 4.79 Å². The molecule has 1 aliphatic rings. The molecular formula is C10H14N2O2. The first-order valence-corrected chi connectivity index (χ1v) is 4.79. The van der Waals surface area contributed by atoms with Crippen LogP contribution >= 0.6 is 0 Å². The predicted octanol–water partition coefficient (Wildman–Crippen LogP) is 0.772. The molecule has 1 aromatic rings. The van der Waals surface area contributed by atoms with E-state index in [2.05, 4.69) is 5.32 Å². The highest BCUT2D eigenvalue weighted by Gasteiger charge is 2.23. The number of carbonyl (C=O) groups excluding carboxylic acids is 1. The predicted molar refractivity (Wildman–Crippen MR) is 51.7 cm³/mol. The Morgan fingerprint density at radius 1 is 1.71 bits per heavy atom. The molecule has 14 heavy (non-hydrogen) atoms. The number of carbonyl (C=O) groups is 1. The van der Waals surface area contributed by atoms with Gasteiger partial charge in [0.2, 0.25) is 5.91 Å². The van der Waals surface area contributed by atoms with E-state index in [1.807, 2.05) is 17.0 Å². The zero-order valence-corrected chi connectivity index (χ0v) is 8.19. The molecule has 2 rings (SSSR count). The summed E-state index contributed by atoms with van der Waals surface area (Å²) in [5, 5.41) is 3.32. The lowest BCUT2D eigenvalue weighted by molar-refractivity contribution is -0.130. The average Bonchev–Trinajstić information content (AvgIpc) is 2.71. The fourth-order valence-corrected chi connectivity index (χ4v) is 1.72. The maximum absolute atomic E-state index is 11.2. The third-order valence-electron chi connectivity index (χ3n) is 2.51. The monoisotopic (exact) mass is 194 g/mol. The van der Waals surface area contributed by atoms with E-state index in [9.17, 15) is 4.79 Å². The van der Waals surface area contributed by atoms with Gasteiger partial charge >= 0.3 is 0 Å². The van der Waals surface area contributed by atoms with Crippen LogP contribution in [-0.2, 0) is 4.79 Å². The quantitative estimate of drug-likeness (QED) is 0.718. The van der Waals surface area contributed by atoms with E-state index in [-0.39, 0.29) is 11.9 Å². The molecule has 76 valence electrons. The summed E-state index contributed by atoms with van der Waals surface area (Å²) in [6.45, 7) is 3.91. The summed E-state index contributed by atoms with van der Waals surface area (Å²) in [6.07, 6.45) is 1.66. The Hall–Kier alpha value is -1.29. The van der Waals surface area contributed by atoms with Crippen LogP contribution in [0.15, 0.2) is 22.8 Å². The summed E-state index contributed by atoms with van der Waals surface area (Å²) in [5.74, 6) is 1.03. The zero-order valence-electron chi connectivity index (χ0n) is 8.19. The van der Waals surface area contributed by atoms with Gasteiger partial charge in [0, 0.05) is 26.6 Å². The van der Waals surface area contributed by atoms with Gasteiger partial charge in [0.15, 0.2) is 0 Å². The van der Waals surface area contributed by atoms with Crippen LogP contribution in [0.2, 0.25) is 0 Å². The maximum Gasteiger partial charge on any atom is 0.219 e. The number of rotatable bonds is 1. The molecule has 2 heterocycles. The van der Waals surface area contributed by atoms with Crippen molar-refractivity contribution in [2.75, 3.05) is 19.6 Å². The van der Waals surface area contributed by atoms with Gasteiger partial charge < -0.3 is 14.6 Å². The van der Waals surface area contributed by atoms with E-state index < -0.39 is 0 Å². The minimum absolute atomic E-state index is 0.128. The molecule has 1 unspecified atom stereocenters. The van der Waals surface area contributed by atoms with Gasteiger partial charge in [0.25, 0.3) is 0 Å². The summed E-state index contributed by atoms with van der Waals surface area (Å²) in [5.41, 5.74) is 0. The van der Waals surface area contributed by atoms with Crippen molar-refractivity contribution in [2.45, 2.75) is 13.0 Å². The summed E-state index contributed by atoms with van der Waals surface area (Å²) in [4.78, 5) is 13.0. The topological polar surface area (TPSA) is 45.5 Å². The normalized spacial score (nSPS) is 22.4. The minimum atomic E-state index is 0.128. The van der Waals surface area contributed by atoms with Gasteiger partial charge in [-0.15, -0.1) is 0 Å². The molecule has 1 aromatic heterocycles. The molecule has 0 bridgehead atoms. The van der Waals surface area contributed by atoms with Crippen molar-refractivity contribution in [2.24, 2.45) is 0 Å². The Kier molecular flexibility index (Phi) is 2.54. The van der Waals surface area contributed by atoms with E-state index in [1.54, 1.807) is 13.2 Å². The van der Waals surface area contributed by atoms with Gasteiger partial charge in [-0.25, -0.2) is 0 Å². The molecule has 1 aliphatic heterocycles. The number of hydrogen-bond donors (Lipinski definition) is 1. The number of amides is 1. The van der Waals surface area contributed by atoms with Gasteiger partial charge in [-0.05, 0) is 12.1 Å². The zero-order chi connectivity index (χ0) is 9.97. The van der Waals surface area contributed by atoms with Crippen LogP contribution in [0.4, 0.5) is 0 Å². The first-order valence-electron chi connectivity index (χ1n) is 4.79. The van der Waals surface area contributed by atoms with Crippen LogP contribution in [-0.4, -0.2) is 30.4 Å². The van der Waals surface area contributed by atoms with Gasteiger partial charge in [0.05, 0.1) is 12.3 Å². The van der Waals surface area contributed by atoms with Crippen molar-refractivity contribution in [3.8, 4) is 0 Å². The summed E-state index contributed by atoms with van der Waals surface area (Å²) in [6, 6.07) is 3.94. The molecule has 0 saturated carbocycles. The molecule has 4 heteroatoms. The molecule has 0 aromatic carbocycles. The lowest BCUT2D eigenvalue weighted by Gasteiger charge is -2.31. The minimum Gasteiger partial charge on any atom is -0.468 e.